The van der Waals surface area contributed by atoms with Crippen molar-refractivity contribution in [1.29, 1.82) is 0 Å². The van der Waals surface area contributed by atoms with Crippen molar-refractivity contribution < 1.29 is 13.6 Å². The van der Waals surface area contributed by atoms with E-state index in [9.17, 15) is 13.6 Å². The number of imidazole rings is 1. The molecular formula is C18H16ClF2N3OS. The number of nitrogens with one attached hydrogen (secondary N) is 2. The molecule has 0 aliphatic heterocycles. The van der Waals surface area contributed by atoms with E-state index >= 15 is 0 Å². The fraction of sp³-hybridized carbons (Fsp3) is 0.222. The van der Waals surface area contributed by atoms with Gasteiger partial charge in [-0.1, -0.05) is 23.7 Å². The minimum Gasteiger partial charge on any atom is -0.342 e. The SMILES string of the molecule is CSCC[C@@H](NC(=O)c1cc(F)c(F)cc1Cl)c1nc2ccccc2[nH]1. The number of amides is 1. The zero-order valence-corrected chi connectivity index (χ0v) is 15.4. The molecule has 0 bridgehead atoms. The third-order valence-electron chi connectivity index (χ3n) is 3.91. The number of carbonyl (C=O) groups is 1. The van der Waals surface area contributed by atoms with Crippen molar-refractivity contribution in [1.82, 2.24) is 15.3 Å². The first-order chi connectivity index (χ1) is 12.5. The molecular weight excluding hydrogens is 380 g/mol. The molecule has 0 unspecified atom stereocenters. The molecule has 0 spiro atoms. The third kappa shape index (κ3) is 3.99. The van der Waals surface area contributed by atoms with Gasteiger partial charge in [0.25, 0.3) is 5.91 Å². The highest BCUT2D eigenvalue weighted by Crippen LogP contribution is 2.23. The molecule has 2 aromatic carbocycles. The maximum atomic E-state index is 13.5. The lowest BCUT2D eigenvalue weighted by Gasteiger charge is -2.17. The maximum Gasteiger partial charge on any atom is 0.253 e. The summed E-state index contributed by atoms with van der Waals surface area (Å²) in [7, 11) is 0. The molecule has 4 nitrogen and oxygen atoms in total. The number of nitrogens with zero attached hydrogens (tertiary/aromatic N) is 1. The van der Waals surface area contributed by atoms with Crippen LogP contribution in [0.2, 0.25) is 5.02 Å². The molecule has 0 aliphatic rings. The monoisotopic (exact) mass is 395 g/mol. The first-order valence-corrected chi connectivity index (χ1v) is 9.65. The minimum atomic E-state index is -1.12. The number of aromatic amines is 1. The lowest BCUT2D eigenvalue weighted by Crippen LogP contribution is -2.30. The Morgan fingerprint density at radius 1 is 1.31 bits per heavy atom. The molecule has 3 rings (SSSR count). The summed E-state index contributed by atoms with van der Waals surface area (Å²) in [6.07, 6.45) is 2.58. The molecule has 1 amide bonds. The third-order valence-corrected chi connectivity index (χ3v) is 4.86. The zero-order chi connectivity index (χ0) is 18.7. The van der Waals surface area contributed by atoms with Gasteiger partial charge >= 0.3 is 0 Å². The predicted octanol–water partition coefficient (Wildman–Crippen LogP) is 4.72. The maximum absolute atomic E-state index is 13.5. The van der Waals surface area contributed by atoms with Crippen LogP contribution in [-0.4, -0.2) is 27.9 Å². The topological polar surface area (TPSA) is 57.8 Å². The average Bonchev–Trinajstić information content (AvgIpc) is 3.05. The molecule has 1 atom stereocenters. The van der Waals surface area contributed by atoms with Crippen LogP contribution in [0.3, 0.4) is 0 Å². The van der Waals surface area contributed by atoms with Gasteiger partial charge in [0.1, 0.15) is 5.82 Å². The van der Waals surface area contributed by atoms with Crippen LogP contribution >= 0.6 is 23.4 Å². The summed E-state index contributed by atoms with van der Waals surface area (Å²) in [5, 5.41) is 2.67. The molecule has 0 aliphatic carbocycles. The van der Waals surface area contributed by atoms with Gasteiger partial charge in [-0.15, -0.1) is 0 Å². The van der Waals surface area contributed by atoms with Crippen molar-refractivity contribution in [2.45, 2.75) is 12.5 Å². The second-order valence-electron chi connectivity index (χ2n) is 5.69. The summed E-state index contributed by atoms with van der Waals surface area (Å²) in [6, 6.07) is 8.72. The molecule has 1 aromatic heterocycles. The van der Waals surface area contributed by atoms with Gasteiger partial charge in [0.2, 0.25) is 0 Å². The number of rotatable bonds is 6. The number of fused-ring (bicyclic) bond motifs is 1. The lowest BCUT2D eigenvalue weighted by atomic mass is 10.1. The number of aromatic nitrogens is 2. The Morgan fingerprint density at radius 3 is 2.77 bits per heavy atom. The summed E-state index contributed by atoms with van der Waals surface area (Å²) in [5.74, 6) is -1.41. The summed E-state index contributed by atoms with van der Waals surface area (Å²) in [5.41, 5.74) is 1.53. The molecule has 136 valence electrons. The van der Waals surface area contributed by atoms with E-state index < -0.39 is 23.6 Å². The van der Waals surface area contributed by atoms with Crippen LogP contribution in [0.1, 0.15) is 28.6 Å². The molecule has 0 fully saturated rings. The number of hydrogen-bond acceptors (Lipinski definition) is 3. The van der Waals surface area contributed by atoms with Crippen molar-refractivity contribution in [3.05, 3.63) is 64.4 Å². The first kappa shape index (κ1) is 18.7. The number of para-hydroxylation sites is 2. The van der Waals surface area contributed by atoms with Gasteiger partial charge in [0.15, 0.2) is 11.6 Å². The van der Waals surface area contributed by atoms with E-state index in [-0.39, 0.29) is 10.6 Å². The van der Waals surface area contributed by atoms with Crippen LogP contribution in [0, 0.1) is 11.6 Å². The minimum absolute atomic E-state index is 0.115. The van der Waals surface area contributed by atoms with E-state index in [2.05, 4.69) is 15.3 Å². The summed E-state index contributed by atoms with van der Waals surface area (Å²) in [6.45, 7) is 0. The smallest absolute Gasteiger partial charge is 0.253 e. The fourth-order valence-electron chi connectivity index (χ4n) is 2.58. The number of halogens is 3. The molecule has 2 N–H and O–H groups in total. The van der Waals surface area contributed by atoms with Gasteiger partial charge in [-0.25, -0.2) is 13.8 Å². The molecule has 0 saturated heterocycles. The first-order valence-electron chi connectivity index (χ1n) is 7.88. The van der Waals surface area contributed by atoms with E-state index in [1.165, 1.54) is 0 Å². The Balaban J connectivity index is 1.88. The number of thioether (sulfide) groups is 1. The van der Waals surface area contributed by atoms with E-state index in [0.29, 0.717) is 12.2 Å². The van der Waals surface area contributed by atoms with Crippen LogP contribution in [0.4, 0.5) is 8.78 Å². The number of H-pyrrole nitrogens is 1. The van der Waals surface area contributed by atoms with Gasteiger partial charge in [-0.2, -0.15) is 11.8 Å². The van der Waals surface area contributed by atoms with E-state index in [1.54, 1.807) is 11.8 Å². The number of benzene rings is 2. The normalized spacial score (nSPS) is 12.3. The van der Waals surface area contributed by atoms with Crippen LogP contribution in [0.15, 0.2) is 36.4 Å². The highest BCUT2D eigenvalue weighted by atomic mass is 35.5. The predicted molar refractivity (Wildman–Crippen MR) is 101 cm³/mol. The van der Waals surface area contributed by atoms with Gasteiger partial charge in [-0.3, -0.25) is 4.79 Å². The van der Waals surface area contributed by atoms with Gasteiger partial charge in [-0.05, 0) is 42.7 Å². The second-order valence-corrected chi connectivity index (χ2v) is 7.09. The van der Waals surface area contributed by atoms with Crippen molar-refractivity contribution in [2.24, 2.45) is 0 Å². The zero-order valence-electron chi connectivity index (χ0n) is 13.9. The van der Waals surface area contributed by atoms with E-state index in [4.69, 9.17) is 11.6 Å². The number of hydrogen-bond donors (Lipinski definition) is 2. The molecule has 1 heterocycles. The lowest BCUT2D eigenvalue weighted by molar-refractivity contribution is 0.0934. The van der Waals surface area contributed by atoms with Crippen LogP contribution in [0.25, 0.3) is 11.0 Å². The largest absolute Gasteiger partial charge is 0.342 e. The Morgan fingerprint density at radius 2 is 2.04 bits per heavy atom. The van der Waals surface area contributed by atoms with Gasteiger partial charge < -0.3 is 10.3 Å². The standard InChI is InChI=1S/C18H16ClF2N3OS/c1-26-7-6-16(17-22-14-4-2-3-5-15(14)23-17)24-18(25)10-8-12(20)13(21)9-11(10)19/h2-5,8-9,16H,6-7H2,1H3,(H,22,23)(H,24,25)/t16-/m1/s1. The van der Waals surface area contributed by atoms with E-state index in [1.807, 2.05) is 30.5 Å². The molecule has 26 heavy (non-hydrogen) atoms. The van der Waals surface area contributed by atoms with Crippen LogP contribution < -0.4 is 5.32 Å². The number of carbonyl (C=O) groups excluding carboxylic acids is 1. The van der Waals surface area contributed by atoms with Crippen LogP contribution in [0.5, 0.6) is 0 Å². The van der Waals surface area contributed by atoms with Crippen molar-refractivity contribution in [3.63, 3.8) is 0 Å². The molecule has 0 saturated carbocycles. The quantitative estimate of drug-likeness (QED) is 0.594. The Bertz CT molecular complexity index is 914. The molecule has 0 radical (unpaired) electrons. The Labute approximate surface area is 158 Å². The highest BCUT2D eigenvalue weighted by molar-refractivity contribution is 7.98. The fourth-order valence-corrected chi connectivity index (χ4v) is 3.29. The average molecular weight is 396 g/mol. The van der Waals surface area contributed by atoms with Crippen molar-refractivity contribution in [3.8, 4) is 0 Å². The van der Waals surface area contributed by atoms with Gasteiger partial charge in [0.05, 0.1) is 27.7 Å². The molecule has 8 heteroatoms. The van der Waals surface area contributed by atoms with Crippen molar-refractivity contribution >= 4 is 40.3 Å². The summed E-state index contributed by atoms with van der Waals surface area (Å²) in [4.78, 5) is 20.3. The summed E-state index contributed by atoms with van der Waals surface area (Å²) < 4.78 is 26.7. The Kier molecular flexibility index (Phi) is 5.78. The van der Waals surface area contributed by atoms with E-state index in [0.717, 1.165) is 28.9 Å². The second kappa shape index (κ2) is 8.05. The summed E-state index contributed by atoms with van der Waals surface area (Å²) >= 11 is 7.53. The van der Waals surface area contributed by atoms with Gasteiger partial charge in [0, 0.05) is 0 Å². The van der Waals surface area contributed by atoms with Crippen molar-refractivity contribution in [2.75, 3.05) is 12.0 Å². The Hall–Kier alpha value is -2.12. The highest BCUT2D eigenvalue weighted by Gasteiger charge is 2.21. The van der Waals surface area contributed by atoms with Crippen LogP contribution in [-0.2, 0) is 0 Å². The molecule has 3 aromatic rings.